The van der Waals surface area contributed by atoms with Gasteiger partial charge in [0.1, 0.15) is 6.10 Å². The van der Waals surface area contributed by atoms with Crippen LogP contribution in [0.5, 0.6) is 0 Å². The summed E-state index contributed by atoms with van der Waals surface area (Å²) < 4.78 is 6.95. The van der Waals surface area contributed by atoms with Crippen molar-refractivity contribution in [1.82, 2.24) is 5.32 Å². The topological polar surface area (TPSA) is 21.3 Å². The Morgan fingerprint density at radius 3 is 2.93 bits per heavy atom. The molecular formula is C12H16BrNO. The summed E-state index contributed by atoms with van der Waals surface area (Å²) in [6.45, 7) is 6.06. The predicted octanol–water partition coefficient (Wildman–Crippen LogP) is 2.89. The summed E-state index contributed by atoms with van der Waals surface area (Å²) in [6, 6.07) is 8.32. The third-order valence-corrected chi connectivity index (χ3v) is 3.27. The van der Waals surface area contributed by atoms with Crippen molar-refractivity contribution in [3.8, 4) is 0 Å². The fraction of sp³-hybridized carbons (Fsp3) is 0.500. The van der Waals surface area contributed by atoms with Crippen molar-refractivity contribution in [2.24, 2.45) is 0 Å². The standard InChI is InChI=1S/C12H16BrNO/c1-12(2)11(15-7-6-14-12)9-4-3-5-10(13)8-9/h3-5,8,11,14H,6-7H2,1-2H3. The van der Waals surface area contributed by atoms with Gasteiger partial charge in [-0.25, -0.2) is 0 Å². The first-order chi connectivity index (χ1) is 7.09. The van der Waals surface area contributed by atoms with Gasteiger partial charge in [0.15, 0.2) is 0 Å². The smallest absolute Gasteiger partial charge is 0.100 e. The molecule has 0 aromatic heterocycles. The molecule has 1 N–H and O–H groups in total. The van der Waals surface area contributed by atoms with Gasteiger partial charge in [0.25, 0.3) is 0 Å². The van der Waals surface area contributed by atoms with Gasteiger partial charge in [-0.15, -0.1) is 0 Å². The molecule has 3 heteroatoms. The van der Waals surface area contributed by atoms with Crippen LogP contribution in [0.3, 0.4) is 0 Å². The minimum Gasteiger partial charge on any atom is -0.370 e. The van der Waals surface area contributed by atoms with E-state index in [1.54, 1.807) is 0 Å². The Labute approximate surface area is 99.1 Å². The molecule has 1 saturated heterocycles. The van der Waals surface area contributed by atoms with Crippen LogP contribution < -0.4 is 5.32 Å². The zero-order chi connectivity index (χ0) is 10.9. The molecule has 0 radical (unpaired) electrons. The maximum atomic E-state index is 5.85. The fourth-order valence-electron chi connectivity index (χ4n) is 2.03. The van der Waals surface area contributed by atoms with E-state index in [0.29, 0.717) is 0 Å². The molecule has 0 bridgehead atoms. The summed E-state index contributed by atoms with van der Waals surface area (Å²) in [4.78, 5) is 0. The number of hydrogen-bond acceptors (Lipinski definition) is 2. The summed E-state index contributed by atoms with van der Waals surface area (Å²) >= 11 is 3.49. The Bertz CT molecular complexity index is 351. The highest BCUT2D eigenvalue weighted by Gasteiger charge is 2.34. The van der Waals surface area contributed by atoms with Gasteiger partial charge in [-0.3, -0.25) is 0 Å². The van der Waals surface area contributed by atoms with Crippen molar-refractivity contribution in [2.45, 2.75) is 25.5 Å². The number of morpholine rings is 1. The van der Waals surface area contributed by atoms with E-state index >= 15 is 0 Å². The highest BCUT2D eigenvalue weighted by molar-refractivity contribution is 9.10. The normalized spacial score (nSPS) is 25.1. The second-order valence-corrected chi connectivity index (χ2v) is 5.37. The molecule has 0 amide bonds. The summed E-state index contributed by atoms with van der Waals surface area (Å²) in [5, 5.41) is 3.49. The molecular weight excluding hydrogens is 254 g/mol. The largest absolute Gasteiger partial charge is 0.370 e. The number of benzene rings is 1. The average Bonchev–Trinajstić information content (AvgIpc) is 2.17. The first-order valence-corrected chi connectivity index (χ1v) is 6.01. The van der Waals surface area contributed by atoms with E-state index in [-0.39, 0.29) is 11.6 Å². The van der Waals surface area contributed by atoms with Crippen molar-refractivity contribution in [3.63, 3.8) is 0 Å². The molecule has 1 aliphatic rings. The van der Waals surface area contributed by atoms with Crippen molar-refractivity contribution >= 4 is 15.9 Å². The number of rotatable bonds is 1. The van der Waals surface area contributed by atoms with E-state index in [2.05, 4.69) is 47.2 Å². The highest BCUT2D eigenvalue weighted by Crippen LogP contribution is 2.32. The average molecular weight is 270 g/mol. The molecule has 1 aromatic carbocycles. The molecule has 1 heterocycles. The van der Waals surface area contributed by atoms with E-state index in [9.17, 15) is 0 Å². The molecule has 0 aliphatic carbocycles. The van der Waals surface area contributed by atoms with Crippen LogP contribution in [-0.4, -0.2) is 18.7 Å². The third kappa shape index (κ3) is 2.41. The molecule has 2 nitrogen and oxygen atoms in total. The minimum absolute atomic E-state index is 0.000949. The SMILES string of the molecule is CC1(C)NCCOC1c1cccc(Br)c1. The first kappa shape index (κ1) is 11.1. The van der Waals surface area contributed by atoms with Crippen LogP contribution in [0.4, 0.5) is 0 Å². The maximum Gasteiger partial charge on any atom is 0.100 e. The van der Waals surface area contributed by atoms with Crippen LogP contribution in [0.2, 0.25) is 0 Å². The zero-order valence-corrected chi connectivity index (χ0v) is 10.7. The van der Waals surface area contributed by atoms with Gasteiger partial charge in [-0.1, -0.05) is 28.1 Å². The van der Waals surface area contributed by atoms with Crippen molar-refractivity contribution in [2.75, 3.05) is 13.2 Å². The van der Waals surface area contributed by atoms with E-state index in [0.717, 1.165) is 17.6 Å². The Balaban J connectivity index is 2.29. The number of halogens is 1. The summed E-state index contributed by atoms with van der Waals surface area (Å²) in [5.74, 6) is 0. The van der Waals surface area contributed by atoms with Gasteiger partial charge in [-0.05, 0) is 31.5 Å². The van der Waals surface area contributed by atoms with Crippen LogP contribution in [0.15, 0.2) is 28.7 Å². The molecule has 82 valence electrons. The molecule has 15 heavy (non-hydrogen) atoms. The van der Waals surface area contributed by atoms with Crippen LogP contribution in [0.25, 0.3) is 0 Å². The molecule has 0 spiro atoms. The molecule has 1 unspecified atom stereocenters. The van der Waals surface area contributed by atoms with Gasteiger partial charge in [0.2, 0.25) is 0 Å². The second kappa shape index (κ2) is 4.24. The van der Waals surface area contributed by atoms with Gasteiger partial charge >= 0.3 is 0 Å². The van der Waals surface area contributed by atoms with Crippen molar-refractivity contribution in [3.05, 3.63) is 34.3 Å². The molecule has 0 saturated carbocycles. The number of ether oxygens (including phenoxy) is 1. The summed E-state index contributed by atoms with van der Waals surface area (Å²) in [6.07, 6.45) is 0.128. The lowest BCUT2D eigenvalue weighted by Gasteiger charge is -2.39. The van der Waals surface area contributed by atoms with Crippen LogP contribution in [-0.2, 0) is 4.74 Å². The number of hydrogen-bond donors (Lipinski definition) is 1. The second-order valence-electron chi connectivity index (χ2n) is 4.45. The van der Waals surface area contributed by atoms with E-state index in [1.807, 2.05) is 12.1 Å². The van der Waals surface area contributed by atoms with Crippen LogP contribution in [0.1, 0.15) is 25.5 Å². The molecule has 2 rings (SSSR count). The zero-order valence-electron chi connectivity index (χ0n) is 9.09. The van der Waals surface area contributed by atoms with E-state index < -0.39 is 0 Å². The van der Waals surface area contributed by atoms with Gasteiger partial charge < -0.3 is 10.1 Å². The minimum atomic E-state index is -0.000949. The quantitative estimate of drug-likeness (QED) is 0.847. The Hall–Kier alpha value is -0.380. The van der Waals surface area contributed by atoms with E-state index in [4.69, 9.17) is 4.74 Å². The van der Waals surface area contributed by atoms with Crippen LogP contribution >= 0.6 is 15.9 Å². The van der Waals surface area contributed by atoms with Crippen LogP contribution in [0, 0.1) is 0 Å². The van der Waals surface area contributed by atoms with Gasteiger partial charge in [0, 0.05) is 16.6 Å². The molecule has 1 fully saturated rings. The third-order valence-electron chi connectivity index (χ3n) is 2.77. The lowest BCUT2D eigenvalue weighted by Crippen LogP contribution is -2.51. The Morgan fingerprint density at radius 2 is 2.27 bits per heavy atom. The van der Waals surface area contributed by atoms with E-state index in [1.165, 1.54) is 5.56 Å². The maximum absolute atomic E-state index is 5.85. The fourth-order valence-corrected chi connectivity index (χ4v) is 2.45. The van der Waals surface area contributed by atoms with Crippen molar-refractivity contribution < 1.29 is 4.74 Å². The predicted molar refractivity (Wildman–Crippen MR) is 64.9 cm³/mol. The first-order valence-electron chi connectivity index (χ1n) is 5.22. The Morgan fingerprint density at radius 1 is 1.47 bits per heavy atom. The summed E-state index contributed by atoms with van der Waals surface area (Å²) in [5.41, 5.74) is 1.22. The lowest BCUT2D eigenvalue weighted by atomic mass is 9.90. The summed E-state index contributed by atoms with van der Waals surface area (Å²) in [7, 11) is 0. The molecule has 1 aliphatic heterocycles. The van der Waals surface area contributed by atoms with Gasteiger partial charge in [-0.2, -0.15) is 0 Å². The highest BCUT2D eigenvalue weighted by atomic mass is 79.9. The van der Waals surface area contributed by atoms with Crippen molar-refractivity contribution in [1.29, 1.82) is 0 Å². The molecule has 1 atom stereocenters. The molecule has 1 aromatic rings. The Kier molecular flexibility index (Phi) is 3.14. The monoisotopic (exact) mass is 269 g/mol. The van der Waals surface area contributed by atoms with Gasteiger partial charge in [0.05, 0.1) is 6.61 Å². The number of nitrogens with one attached hydrogen (secondary N) is 1. The lowest BCUT2D eigenvalue weighted by molar-refractivity contribution is -0.0388.